The highest BCUT2D eigenvalue weighted by Crippen LogP contribution is 2.38. The van der Waals surface area contributed by atoms with Crippen molar-refractivity contribution in [2.24, 2.45) is 17.8 Å². The summed E-state index contributed by atoms with van der Waals surface area (Å²) in [4.78, 5) is 37.7. The Bertz CT molecular complexity index is 739. The van der Waals surface area contributed by atoms with Crippen molar-refractivity contribution in [2.45, 2.75) is 64.0 Å². The number of hydrogen-bond donors (Lipinski definition) is 3. The van der Waals surface area contributed by atoms with Crippen LogP contribution in [0.3, 0.4) is 0 Å². The standard InChI is InChI=1S/C25H38N2O5/c1-17(28)20-16-21(23(29)15-19(20)12-8-5-9-13-26-2)24(30)27-22(25(31)32-3)14-18-10-6-4-7-11-18/h4,6-7,10-11,19-23,26,29H,5,8-9,12-16H2,1-3H3,(H,27,30)/t19?,20?,21?,22-,23?/m0/s1. The highest BCUT2D eigenvalue weighted by atomic mass is 16.5. The highest BCUT2D eigenvalue weighted by Gasteiger charge is 2.42. The summed E-state index contributed by atoms with van der Waals surface area (Å²) in [5.41, 5.74) is 0.896. The van der Waals surface area contributed by atoms with Crippen LogP contribution in [0.15, 0.2) is 30.3 Å². The third-order valence-electron chi connectivity index (χ3n) is 6.53. The molecule has 0 radical (unpaired) electrons. The van der Waals surface area contributed by atoms with Gasteiger partial charge in [-0.2, -0.15) is 0 Å². The molecule has 1 amide bonds. The second-order valence-corrected chi connectivity index (χ2v) is 8.85. The van der Waals surface area contributed by atoms with E-state index >= 15 is 0 Å². The van der Waals surface area contributed by atoms with Gasteiger partial charge in [-0.25, -0.2) is 4.79 Å². The average molecular weight is 447 g/mol. The van der Waals surface area contributed by atoms with Crippen molar-refractivity contribution < 1.29 is 24.2 Å². The molecule has 0 aromatic heterocycles. The van der Waals surface area contributed by atoms with Crippen molar-refractivity contribution in [3.63, 3.8) is 0 Å². The summed E-state index contributed by atoms with van der Waals surface area (Å²) in [6.45, 7) is 2.54. The molecule has 1 fully saturated rings. The molecule has 5 atom stereocenters. The van der Waals surface area contributed by atoms with Crippen LogP contribution in [0.25, 0.3) is 0 Å². The van der Waals surface area contributed by atoms with E-state index < -0.39 is 29.9 Å². The monoisotopic (exact) mass is 446 g/mol. The molecule has 32 heavy (non-hydrogen) atoms. The van der Waals surface area contributed by atoms with Gasteiger partial charge in [-0.15, -0.1) is 0 Å². The van der Waals surface area contributed by atoms with Crippen molar-refractivity contribution in [3.05, 3.63) is 35.9 Å². The first-order valence-electron chi connectivity index (χ1n) is 11.6. The first kappa shape index (κ1) is 26.0. The summed E-state index contributed by atoms with van der Waals surface area (Å²) in [6.07, 6.45) is 4.23. The number of ether oxygens (including phenoxy) is 1. The van der Waals surface area contributed by atoms with Gasteiger partial charge < -0.3 is 20.5 Å². The minimum Gasteiger partial charge on any atom is -0.467 e. The number of esters is 1. The molecule has 4 unspecified atom stereocenters. The minimum atomic E-state index is -0.845. The molecule has 1 aromatic carbocycles. The molecule has 7 nitrogen and oxygen atoms in total. The van der Waals surface area contributed by atoms with E-state index in [1.54, 1.807) is 6.92 Å². The van der Waals surface area contributed by atoms with E-state index in [9.17, 15) is 19.5 Å². The van der Waals surface area contributed by atoms with E-state index in [0.29, 0.717) is 19.3 Å². The number of nitrogens with one attached hydrogen (secondary N) is 2. The zero-order valence-corrected chi connectivity index (χ0v) is 19.5. The summed E-state index contributed by atoms with van der Waals surface area (Å²) in [7, 11) is 3.22. The molecule has 0 bridgehead atoms. The van der Waals surface area contributed by atoms with E-state index in [0.717, 1.165) is 37.8 Å². The number of amides is 1. The molecule has 0 spiro atoms. The first-order chi connectivity index (χ1) is 15.4. The van der Waals surface area contributed by atoms with Crippen molar-refractivity contribution in [1.82, 2.24) is 10.6 Å². The lowest BCUT2D eigenvalue weighted by atomic mass is 9.69. The summed E-state index contributed by atoms with van der Waals surface area (Å²) < 4.78 is 4.87. The maximum atomic E-state index is 13.0. The predicted molar refractivity (Wildman–Crippen MR) is 123 cm³/mol. The Morgan fingerprint density at radius 3 is 2.44 bits per heavy atom. The summed E-state index contributed by atoms with van der Waals surface area (Å²) in [5, 5.41) is 16.6. The number of methoxy groups -OCH3 is 1. The number of aliphatic hydroxyl groups is 1. The van der Waals surface area contributed by atoms with Crippen molar-refractivity contribution in [2.75, 3.05) is 20.7 Å². The number of benzene rings is 1. The zero-order chi connectivity index (χ0) is 23.5. The van der Waals surface area contributed by atoms with Crippen LogP contribution < -0.4 is 10.6 Å². The molecule has 1 saturated carbocycles. The van der Waals surface area contributed by atoms with Crippen LogP contribution in [-0.4, -0.2) is 55.6 Å². The zero-order valence-electron chi connectivity index (χ0n) is 19.5. The Labute approximate surface area is 191 Å². The van der Waals surface area contributed by atoms with Crippen LogP contribution in [0.5, 0.6) is 0 Å². The molecule has 3 N–H and O–H groups in total. The minimum absolute atomic E-state index is 0.0590. The van der Waals surface area contributed by atoms with Gasteiger partial charge in [-0.1, -0.05) is 43.2 Å². The lowest BCUT2D eigenvalue weighted by molar-refractivity contribution is -0.147. The topological polar surface area (TPSA) is 105 Å². The van der Waals surface area contributed by atoms with Crippen molar-refractivity contribution in [3.8, 4) is 0 Å². The fourth-order valence-corrected chi connectivity index (χ4v) is 4.71. The molecular formula is C25H38N2O5. The molecule has 1 aliphatic carbocycles. The smallest absolute Gasteiger partial charge is 0.328 e. The van der Waals surface area contributed by atoms with Gasteiger partial charge >= 0.3 is 5.97 Å². The molecule has 0 saturated heterocycles. The molecular weight excluding hydrogens is 408 g/mol. The lowest BCUT2D eigenvalue weighted by Crippen LogP contribution is -2.51. The van der Waals surface area contributed by atoms with Gasteiger partial charge in [0.1, 0.15) is 11.8 Å². The van der Waals surface area contributed by atoms with E-state index in [-0.39, 0.29) is 17.6 Å². The second kappa shape index (κ2) is 13.3. The summed E-state index contributed by atoms with van der Waals surface area (Å²) >= 11 is 0. The van der Waals surface area contributed by atoms with Crippen molar-refractivity contribution >= 4 is 17.7 Å². The van der Waals surface area contributed by atoms with Gasteiger partial charge in [0.05, 0.1) is 19.1 Å². The van der Waals surface area contributed by atoms with Crippen LogP contribution in [0.1, 0.15) is 51.0 Å². The van der Waals surface area contributed by atoms with E-state index in [4.69, 9.17) is 4.74 Å². The molecule has 178 valence electrons. The van der Waals surface area contributed by atoms with Crippen LogP contribution >= 0.6 is 0 Å². The number of carbonyl (C=O) groups is 3. The molecule has 7 heteroatoms. The third-order valence-corrected chi connectivity index (χ3v) is 6.53. The van der Waals surface area contributed by atoms with Crippen LogP contribution in [0, 0.1) is 17.8 Å². The number of Topliss-reactive ketones (excluding diaryl/α,β-unsaturated/α-hetero) is 1. The van der Waals surface area contributed by atoms with E-state index in [2.05, 4.69) is 10.6 Å². The Hall–Kier alpha value is -2.25. The molecule has 0 heterocycles. The molecule has 0 aliphatic heterocycles. The number of ketones is 1. The lowest BCUT2D eigenvalue weighted by Gasteiger charge is -2.38. The number of carbonyl (C=O) groups excluding carboxylic acids is 3. The number of rotatable bonds is 12. The molecule has 2 rings (SSSR count). The Balaban J connectivity index is 2.01. The highest BCUT2D eigenvalue weighted by molar-refractivity contribution is 5.87. The molecule has 1 aromatic rings. The first-order valence-corrected chi connectivity index (χ1v) is 11.6. The maximum absolute atomic E-state index is 13.0. The Kier molecular flexibility index (Phi) is 10.8. The maximum Gasteiger partial charge on any atom is 0.328 e. The number of unbranched alkanes of at least 4 members (excludes halogenated alkanes) is 2. The van der Waals surface area contributed by atoms with Crippen molar-refractivity contribution in [1.29, 1.82) is 0 Å². The van der Waals surface area contributed by atoms with Gasteiger partial charge in [-0.05, 0) is 57.7 Å². The van der Waals surface area contributed by atoms with E-state index in [1.165, 1.54) is 7.11 Å². The normalized spacial score (nSPS) is 23.9. The largest absolute Gasteiger partial charge is 0.467 e. The summed E-state index contributed by atoms with van der Waals surface area (Å²) in [6, 6.07) is 8.53. The van der Waals surface area contributed by atoms with Crippen LogP contribution in [0.4, 0.5) is 0 Å². The Morgan fingerprint density at radius 2 is 1.81 bits per heavy atom. The van der Waals surface area contributed by atoms with Gasteiger partial charge in [0.15, 0.2) is 0 Å². The van der Waals surface area contributed by atoms with Gasteiger partial charge in [0.2, 0.25) is 5.91 Å². The van der Waals surface area contributed by atoms with Crippen LogP contribution in [0.2, 0.25) is 0 Å². The van der Waals surface area contributed by atoms with Gasteiger partial charge in [-0.3, -0.25) is 9.59 Å². The predicted octanol–water partition coefficient (Wildman–Crippen LogP) is 2.26. The fourth-order valence-electron chi connectivity index (χ4n) is 4.71. The number of hydrogen-bond acceptors (Lipinski definition) is 6. The SMILES string of the molecule is CNCCCCCC1CC(O)C(C(=O)N[C@@H](Cc2ccccc2)C(=O)OC)CC1C(C)=O. The van der Waals surface area contributed by atoms with Gasteiger partial charge in [0.25, 0.3) is 0 Å². The third kappa shape index (κ3) is 7.71. The Morgan fingerprint density at radius 1 is 1.09 bits per heavy atom. The quantitative estimate of drug-likeness (QED) is 0.336. The average Bonchev–Trinajstić information content (AvgIpc) is 2.78. The fraction of sp³-hybridized carbons (Fsp3) is 0.640. The summed E-state index contributed by atoms with van der Waals surface area (Å²) in [5.74, 6) is -1.75. The number of aliphatic hydroxyl groups excluding tert-OH is 1. The van der Waals surface area contributed by atoms with E-state index in [1.807, 2.05) is 37.4 Å². The van der Waals surface area contributed by atoms with Gasteiger partial charge in [0, 0.05) is 12.3 Å². The van der Waals surface area contributed by atoms with Crippen LogP contribution in [-0.2, 0) is 25.5 Å². The second-order valence-electron chi connectivity index (χ2n) is 8.85. The molecule has 1 aliphatic rings.